The monoisotopic (exact) mass is 648 g/mol. The van der Waals surface area contributed by atoms with Gasteiger partial charge in [0, 0.05) is 67.8 Å². The average Bonchev–Trinajstić information content (AvgIpc) is 3.77. The molecule has 2 fully saturated rings. The lowest BCUT2D eigenvalue weighted by Crippen LogP contribution is -2.49. The molecule has 0 bridgehead atoms. The zero-order chi connectivity index (χ0) is 32.3. The third-order valence-corrected chi connectivity index (χ3v) is 9.93. The van der Waals surface area contributed by atoms with Gasteiger partial charge < -0.3 is 19.3 Å². The predicted octanol–water partition coefficient (Wildman–Crippen LogP) is 5.26. The van der Waals surface area contributed by atoms with Crippen LogP contribution < -0.4 is 10.2 Å². The summed E-state index contributed by atoms with van der Waals surface area (Å²) in [5.41, 5.74) is 0.762. The number of nitrogens with one attached hydrogen (secondary N) is 1. The molecule has 14 heteroatoms. The van der Waals surface area contributed by atoms with Gasteiger partial charge in [-0.25, -0.2) is 23.5 Å². The minimum absolute atomic E-state index is 0.0320. The number of nitriles is 1. The molecule has 2 saturated heterocycles. The number of rotatable bonds is 4. The molecule has 0 spiro atoms. The summed E-state index contributed by atoms with van der Waals surface area (Å²) in [4.78, 5) is 33.3. The lowest BCUT2D eigenvalue weighted by molar-refractivity contribution is 0.0636. The smallest absolute Gasteiger partial charge is 0.412 e. The second-order valence-electron chi connectivity index (χ2n) is 13.0. The van der Waals surface area contributed by atoms with Crippen LogP contribution in [0.25, 0.3) is 32.2 Å². The molecule has 4 aromatic rings. The molecule has 0 radical (unpaired) electrons. The Balaban J connectivity index is 1.31. The first-order valence-corrected chi connectivity index (χ1v) is 16.1. The lowest BCUT2D eigenvalue weighted by atomic mass is 9.94. The summed E-state index contributed by atoms with van der Waals surface area (Å²) in [5.74, 6) is -0.892. The maximum Gasteiger partial charge on any atom is 0.412 e. The van der Waals surface area contributed by atoms with Crippen molar-refractivity contribution in [3.63, 3.8) is 0 Å². The Bertz CT molecular complexity index is 1910. The molecular formula is C32H34F2N8O3S. The van der Waals surface area contributed by atoms with Crippen LogP contribution in [0.4, 0.5) is 24.5 Å². The maximum atomic E-state index is 16.9. The highest BCUT2D eigenvalue weighted by atomic mass is 32.1. The zero-order valence-corrected chi connectivity index (χ0v) is 26.9. The summed E-state index contributed by atoms with van der Waals surface area (Å²) in [6.07, 6.45) is 2.84. The van der Waals surface area contributed by atoms with Crippen molar-refractivity contribution in [2.24, 2.45) is 0 Å². The van der Waals surface area contributed by atoms with Crippen molar-refractivity contribution in [2.75, 3.05) is 56.5 Å². The van der Waals surface area contributed by atoms with Crippen LogP contribution in [-0.2, 0) is 22.7 Å². The quantitative estimate of drug-likeness (QED) is 0.314. The van der Waals surface area contributed by atoms with Crippen LogP contribution in [0, 0.1) is 23.0 Å². The first kappa shape index (κ1) is 30.6. The zero-order valence-electron chi connectivity index (χ0n) is 26.1. The highest BCUT2D eigenvalue weighted by Gasteiger charge is 2.33. The molecule has 1 atom stereocenters. The van der Waals surface area contributed by atoms with Gasteiger partial charge in [0.05, 0.1) is 35.4 Å². The normalized spacial score (nSPS) is 19.2. The van der Waals surface area contributed by atoms with Gasteiger partial charge >= 0.3 is 6.09 Å². The highest BCUT2D eigenvalue weighted by Crippen LogP contribution is 2.46. The molecule has 3 aromatic heterocycles. The summed E-state index contributed by atoms with van der Waals surface area (Å²) in [7, 11) is 2.14. The Morgan fingerprint density at radius 2 is 1.89 bits per heavy atom. The molecule has 0 aliphatic carbocycles. The molecule has 1 aromatic carbocycles. The summed E-state index contributed by atoms with van der Waals surface area (Å²) in [6.45, 7) is 11.1. The molecule has 3 aliphatic heterocycles. The fourth-order valence-corrected chi connectivity index (χ4v) is 7.60. The Hall–Kier alpha value is -4.03. The maximum absolute atomic E-state index is 16.9. The number of amides is 1. The predicted molar refractivity (Wildman–Crippen MR) is 171 cm³/mol. The number of benzene rings is 1. The van der Waals surface area contributed by atoms with Crippen molar-refractivity contribution in [1.82, 2.24) is 24.8 Å². The van der Waals surface area contributed by atoms with Gasteiger partial charge in [0.15, 0.2) is 11.6 Å². The van der Waals surface area contributed by atoms with Crippen molar-refractivity contribution < 1.29 is 23.0 Å². The largest absolute Gasteiger partial charge is 0.444 e. The average molecular weight is 649 g/mol. The molecule has 0 unspecified atom stereocenters. The first-order chi connectivity index (χ1) is 22.0. The van der Waals surface area contributed by atoms with Crippen LogP contribution in [0.15, 0.2) is 12.4 Å². The van der Waals surface area contributed by atoms with Crippen LogP contribution in [0.3, 0.4) is 0 Å². The minimum atomic E-state index is -0.794. The second kappa shape index (κ2) is 11.6. The number of halogens is 2. The number of thiophene rings is 1. The Kier molecular flexibility index (Phi) is 7.75. The first-order valence-electron chi connectivity index (χ1n) is 15.3. The van der Waals surface area contributed by atoms with E-state index in [1.54, 1.807) is 27.0 Å². The van der Waals surface area contributed by atoms with Crippen molar-refractivity contribution in [3.8, 4) is 17.3 Å². The van der Waals surface area contributed by atoms with E-state index in [2.05, 4.69) is 43.1 Å². The standard InChI is InChI=1S/C32H34F2N8O3S/c1-32(2,3)45-31(43)39-29-18(11-35)24-27(36-13-22(33)28(24)46-29)23-21-16-44-15-20(21)19-12-37-30(38-26(19)25(23)34)42-6-5-17(14-42)41-9-7-40(4)8-10-41/h12-13,17H,5-10,14-16H2,1-4H3,(H,39,43)/t17-/m0/s1. The molecule has 7 rings (SSSR count). The van der Waals surface area contributed by atoms with Crippen molar-refractivity contribution in [1.29, 1.82) is 5.26 Å². The second-order valence-corrected chi connectivity index (χ2v) is 14.0. The minimum Gasteiger partial charge on any atom is -0.444 e. The molecule has 3 aliphatic rings. The van der Waals surface area contributed by atoms with E-state index in [-0.39, 0.29) is 50.6 Å². The number of fused-ring (bicyclic) bond motifs is 4. The summed E-state index contributed by atoms with van der Waals surface area (Å²) >= 11 is 0.870. The molecule has 46 heavy (non-hydrogen) atoms. The molecular weight excluding hydrogens is 614 g/mol. The van der Waals surface area contributed by atoms with Crippen molar-refractivity contribution >= 4 is 49.4 Å². The van der Waals surface area contributed by atoms with Crippen molar-refractivity contribution in [3.05, 3.63) is 40.7 Å². The molecule has 1 N–H and O–H groups in total. The third-order valence-electron chi connectivity index (χ3n) is 8.82. The molecule has 0 saturated carbocycles. The Labute approximate surface area is 268 Å². The number of anilines is 2. The molecule has 11 nitrogen and oxygen atoms in total. The topological polar surface area (TPSA) is 120 Å². The van der Waals surface area contributed by atoms with Gasteiger partial charge in [0.1, 0.15) is 22.2 Å². The van der Waals surface area contributed by atoms with E-state index in [1.165, 1.54) is 0 Å². The van der Waals surface area contributed by atoms with Gasteiger partial charge in [-0.2, -0.15) is 5.26 Å². The molecule has 6 heterocycles. The Morgan fingerprint density at radius 1 is 1.13 bits per heavy atom. The van der Waals surface area contributed by atoms with E-state index in [1.807, 2.05) is 0 Å². The van der Waals surface area contributed by atoms with E-state index < -0.39 is 23.3 Å². The number of aromatic nitrogens is 3. The number of ether oxygens (including phenoxy) is 2. The molecule has 240 valence electrons. The number of hydrogen-bond donors (Lipinski definition) is 1. The van der Waals surface area contributed by atoms with Gasteiger partial charge in [-0.15, -0.1) is 11.3 Å². The third kappa shape index (κ3) is 5.41. The number of pyridine rings is 1. The van der Waals surface area contributed by atoms with Crippen molar-refractivity contribution in [2.45, 2.75) is 52.0 Å². The fourth-order valence-electron chi connectivity index (χ4n) is 6.56. The van der Waals surface area contributed by atoms with Crippen LogP contribution in [0.2, 0.25) is 0 Å². The van der Waals surface area contributed by atoms with Gasteiger partial charge in [0.25, 0.3) is 0 Å². The number of carbonyl (C=O) groups excluding carboxylic acids is 1. The lowest BCUT2D eigenvalue weighted by Gasteiger charge is -2.36. The van der Waals surface area contributed by atoms with Gasteiger partial charge in [-0.05, 0) is 45.4 Å². The van der Waals surface area contributed by atoms with Gasteiger partial charge in [-0.3, -0.25) is 15.2 Å². The fraction of sp³-hybridized carbons (Fsp3) is 0.469. The number of carbonyl (C=O) groups is 1. The number of piperazine rings is 1. The Morgan fingerprint density at radius 3 is 2.63 bits per heavy atom. The highest BCUT2D eigenvalue weighted by molar-refractivity contribution is 7.23. The number of nitrogens with zero attached hydrogens (tertiary/aromatic N) is 7. The van der Waals surface area contributed by atoms with E-state index in [9.17, 15) is 10.1 Å². The van der Waals surface area contributed by atoms with Gasteiger partial charge in [-0.1, -0.05) is 0 Å². The molecule has 1 amide bonds. The van der Waals surface area contributed by atoms with Crippen LogP contribution in [0.5, 0.6) is 0 Å². The SMILES string of the molecule is CN1CCN([C@H]2CCN(c3ncc4c5c(c(-c6ncc(F)c7sc(NC(=O)OC(C)(C)C)c(C#N)c67)c(F)c4n3)COC5)C2)CC1. The van der Waals surface area contributed by atoms with E-state index in [4.69, 9.17) is 14.5 Å². The van der Waals surface area contributed by atoms with Crippen LogP contribution in [-0.4, -0.2) is 88.8 Å². The van der Waals surface area contributed by atoms with E-state index in [0.717, 1.165) is 68.8 Å². The van der Waals surface area contributed by atoms with Crippen LogP contribution in [0.1, 0.15) is 43.9 Å². The summed E-state index contributed by atoms with van der Waals surface area (Å²) in [6, 6.07) is 2.45. The summed E-state index contributed by atoms with van der Waals surface area (Å²) in [5, 5.41) is 13.5. The number of hydrogen-bond acceptors (Lipinski definition) is 11. The number of likely N-dealkylation sites (N-methyl/N-ethyl adjacent to an activating group) is 1. The van der Waals surface area contributed by atoms with E-state index in [0.29, 0.717) is 22.9 Å². The van der Waals surface area contributed by atoms with E-state index >= 15 is 8.78 Å². The van der Waals surface area contributed by atoms with Gasteiger partial charge in [0.2, 0.25) is 5.95 Å². The summed E-state index contributed by atoms with van der Waals surface area (Å²) < 4.78 is 43.3. The van der Waals surface area contributed by atoms with Crippen LogP contribution >= 0.6 is 11.3 Å².